The van der Waals surface area contributed by atoms with Gasteiger partial charge in [0.2, 0.25) is 11.8 Å². The van der Waals surface area contributed by atoms with Crippen molar-refractivity contribution in [3.63, 3.8) is 0 Å². The topological polar surface area (TPSA) is 75.4 Å². The number of amides is 2. The van der Waals surface area contributed by atoms with Crippen molar-refractivity contribution in [3.8, 4) is 0 Å². The van der Waals surface area contributed by atoms with Crippen molar-refractivity contribution in [2.75, 3.05) is 19.6 Å². The monoisotopic (exact) mass is 339 g/mol. The van der Waals surface area contributed by atoms with Crippen LogP contribution in [0.5, 0.6) is 0 Å². The number of rotatable bonds is 7. The van der Waals surface area contributed by atoms with Gasteiger partial charge in [0.15, 0.2) is 0 Å². The zero-order chi connectivity index (χ0) is 15.8. The molecule has 1 fully saturated rings. The number of hydrogen-bond acceptors (Lipinski definition) is 3. The summed E-state index contributed by atoms with van der Waals surface area (Å²) in [6, 6.07) is 9.69. The minimum atomic E-state index is -0.467. The van der Waals surface area contributed by atoms with E-state index >= 15 is 0 Å². The fourth-order valence-electron chi connectivity index (χ4n) is 2.88. The van der Waals surface area contributed by atoms with Crippen molar-refractivity contribution in [1.29, 1.82) is 0 Å². The summed E-state index contributed by atoms with van der Waals surface area (Å²) in [5.74, 6) is 0.157. The Bertz CT molecular complexity index is 490. The maximum absolute atomic E-state index is 12.4. The molecular weight excluding hydrogens is 314 g/mol. The SMILES string of the molecule is Cl.NC(=O)CN(Cc1ccccc1)C(=O)CCC1CCNCC1. The Morgan fingerprint density at radius 2 is 1.83 bits per heavy atom. The summed E-state index contributed by atoms with van der Waals surface area (Å²) < 4.78 is 0. The smallest absolute Gasteiger partial charge is 0.237 e. The van der Waals surface area contributed by atoms with Crippen LogP contribution >= 0.6 is 12.4 Å². The fraction of sp³-hybridized carbons (Fsp3) is 0.529. The van der Waals surface area contributed by atoms with Crippen LogP contribution < -0.4 is 11.1 Å². The van der Waals surface area contributed by atoms with E-state index in [2.05, 4.69) is 5.32 Å². The lowest BCUT2D eigenvalue weighted by molar-refractivity contribution is -0.136. The normalized spacial score (nSPS) is 14.8. The van der Waals surface area contributed by atoms with Gasteiger partial charge in [0.05, 0.1) is 6.54 Å². The molecule has 1 aliphatic heterocycles. The first-order valence-corrected chi connectivity index (χ1v) is 7.96. The average molecular weight is 340 g/mol. The highest BCUT2D eigenvalue weighted by atomic mass is 35.5. The highest BCUT2D eigenvalue weighted by Crippen LogP contribution is 2.18. The van der Waals surface area contributed by atoms with E-state index < -0.39 is 5.91 Å². The van der Waals surface area contributed by atoms with Crippen molar-refractivity contribution in [2.45, 2.75) is 32.2 Å². The Morgan fingerprint density at radius 3 is 2.43 bits per heavy atom. The molecule has 0 aromatic heterocycles. The third kappa shape index (κ3) is 7.01. The van der Waals surface area contributed by atoms with E-state index in [1.54, 1.807) is 4.90 Å². The zero-order valence-electron chi connectivity index (χ0n) is 13.4. The molecule has 0 aliphatic carbocycles. The van der Waals surface area contributed by atoms with Crippen LogP contribution in [0, 0.1) is 5.92 Å². The Balaban J connectivity index is 0.00000264. The van der Waals surface area contributed by atoms with Crippen molar-refractivity contribution < 1.29 is 9.59 Å². The molecule has 1 aliphatic rings. The van der Waals surface area contributed by atoms with E-state index in [0.29, 0.717) is 18.9 Å². The lowest BCUT2D eigenvalue weighted by atomic mass is 9.93. The summed E-state index contributed by atoms with van der Waals surface area (Å²) in [6.45, 7) is 2.50. The van der Waals surface area contributed by atoms with Crippen molar-refractivity contribution in [1.82, 2.24) is 10.2 Å². The molecule has 1 heterocycles. The van der Waals surface area contributed by atoms with Crippen molar-refractivity contribution >= 4 is 24.2 Å². The molecule has 0 atom stereocenters. The highest BCUT2D eigenvalue weighted by molar-refractivity contribution is 5.85. The van der Waals surface area contributed by atoms with Crippen LogP contribution in [-0.2, 0) is 16.1 Å². The number of piperidine rings is 1. The third-order valence-electron chi connectivity index (χ3n) is 4.14. The standard InChI is InChI=1S/C17H25N3O2.ClH/c18-16(21)13-20(12-15-4-2-1-3-5-15)17(22)7-6-14-8-10-19-11-9-14;/h1-5,14,19H,6-13H2,(H2,18,21);1H. The Hall–Kier alpha value is -1.59. The van der Waals surface area contributed by atoms with Gasteiger partial charge in [-0.2, -0.15) is 0 Å². The highest BCUT2D eigenvalue weighted by Gasteiger charge is 2.19. The average Bonchev–Trinajstić information content (AvgIpc) is 2.53. The molecule has 0 bridgehead atoms. The van der Waals surface area contributed by atoms with Gasteiger partial charge in [-0.3, -0.25) is 9.59 Å². The Labute approximate surface area is 144 Å². The van der Waals surface area contributed by atoms with Crippen molar-refractivity contribution in [3.05, 3.63) is 35.9 Å². The summed E-state index contributed by atoms with van der Waals surface area (Å²) in [4.78, 5) is 25.2. The van der Waals surface area contributed by atoms with Gasteiger partial charge in [-0.05, 0) is 43.8 Å². The molecule has 2 rings (SSSR count). The third-order valence-corrected chi connectivity index (χ3v) is 4.14. The summed E-state index contributed by atoms with van der Waals surface area (Å²) in [5.41, 5.74) is 6.30. The molecule has 1 aromatic carbocycles. The molecule has 0 radical (unpaired) electrons. The predicted molar refractivity (Wildman–Crippen MR) is 93.1 cm³/mol. The first kappa shape index (κ1) is 19.5. The number of benzene rings is 1. The molecule has 23 heavy (non-hydrogen) atoms. The van der Waals surface area contributed by atoms with Gasteiger partial charge < -0.3 is 16.0 Å². The molecule has 1 saturated heterocycles. The van der Waals surface area contributed by atoms with Crippen LogP contribution in [0.25, 0.3) is 0 Å². The zero-order valence-corrected chi connectivity index (χ0v) is 14.2. The molecule has 1 aromatic rings. The molecule has 6 heteroatoms. The number of nitrogens with zero attached hydrogens (tertiary/aromatic N) is 1. The lowest BCUT2D eigenvalue weighted by Crippen LogP contribution is -2.38. The van der Waals surface area contributed by atoms with Gasteiger partial charge in [0.25, 0.3) is 0 Å². The van der Waals surface area contributed by atoms with Crippen molar-refractivity contribution in [2.24, 2.45) is 11.7 Å². The van der Waals surface area contributed by atoms with Gasteiger partial charge in [0, 0.05) is 13.0 Å². The lowest BCUT2D eigenvalue weighted by Gasteiger charge is -2.25. The largest absolute Gasteiger partial charge is 0.368 e. The van der Waals surface area contributed by atoms with E-state index in [1.165, 1.54) is 0 Å². The van der Waals surface area contributed by atoms with Gasteiger partial charge in [-0.1, -0.05) is 30.3 Å². The predicted octanol–water partition coefficient (Wildman–Crippen LogP) is 1.70. The molecule has 2 amide bonds. The first-order valence-electron chi connectivity index (χ1n) is 7.96. The molecule has 0 spiro atoms. The van der Waals surface area contributed by atoms with E-state index in [-0.39, 0.29) is 24.9 Å². The number of carbonyl (C=O) groups excluding carboxylic acids is 2. The summed E-state index contributed by atoms with van der Waals surface area (Å²) >= 11 is 0. The minimum Gasteiger partial charge on any atom is -0.368 e. The molecule has 3 N–H and O–H groups in total. The summed E-state index contributed by atoms with van der Waals surface area (Å²) in [7, 11) is 0. The number of halogens is 1. The number of hydrogen-bond donors (Lipinski definition) is 2. The number of carbonyl (C=O) groups is 2. The Kier molecular flexibility index (Phi) is 8.66. The van der Waals surface area contributed by atoms with Crippen LogP contribution in [0.3, 0.4) is 0 Å². The minimum absolute atomic E-state index is 0. The number of nitrogens with two attached hydrogens (primary N) is 1. The molecule has 5 nitrogen and oxygen atoms in total. The second-order valence-corrected chi connectivity index (χ2v) is 5.93. The molecule has 0 saturated carbocycles. The van der Waals surface area contributed by atoms with Crippen LogP contribution in [0.15, 0.2) is 30.3 Å². The molecule has 128 valence electrons. The van der Waals surface area contributed by atoms with E-state index in [9.17, 15) is 9.59 Å². The maximum atomic E-state index is 12.4. The van der Waals surface area contributed by atoms with Crippen LogP contribution in [0.2, 0.25) is 0 Å². The molecular formula is C17H26ClN3O2. The van der Waals surface area contributed by atoms with E-state index in [1.807, 2.05) is 30.3 Å². The fourth-order valence-corrected chi connectivity index (χ4v) is 2.88. The van der Waals surface area contributed by atoms with E-state index in [0.717, 1.165) is 37.9 Å². The number of primary amides is 1. The van der Waals surface area contributed by atoms with Gasteiger partial charge in [0.1, 0.15) is 0 Å². The number of nitrogens with one attached hydrogen (secondary N) is 1. The van der Waals surface area contributed by atoms with E-state index in [4.69, 9.17) is 5.73 Å². The van der Waals surface area contributed by atoms with Crippen LogP contribution in [-0.4, -0.2) is 36.3 Å². The van der Waals surface area contributed by atoms with Crippen LogP contribution in [0.1, 0.15) is 31.2 Å². The summed E-state index contributed by atoms with van der Waals surface area (Å²) in [5, 5.41) is 3.33. The first-order chi connectivity index (χ1) is 10.6. The second kappa shape index (κ2) is 10.2. The maximum Gasteiger partial charge on any atom is 0.237 e. The summed E-state index contributed by atoms with van der Waals surface area (Å²) in [6.07, 6.45) is 3.64. The van der Waals surface area contributed by atoms with Gasteiger partial charge in [-0.15, -0.1) is 12.4 Å². The second-order valence-electron chi connectivity index (χ2n) is 5.93. The van der Waals surface area contributed by atoms with Gasteiger partial charge >= 0.3 is 0 Å². The quantitative estimate of drug-likeness (QED) is 0.794. The van der Waals surface area contributed by atoms with Gasteiger partial charge in [-0.25, -0.2) is 0 Å². The molecule has 0 unspecified atom stereocenters. The van der Waals surface area contributed by atoms with Crippen LogP contribution in [0.4, 0.5) is 0 Å². The Morgan fingerprint density at radius 1 is 1.17 bits per heavy atom.